The van der Waals surface area contributed by atoms with Gasteiger partial charge >= 0.3 is 0 Å². The predicted octanol–water partition coefficient (Wildman–Crippen LogP) is 6.20. The largest absolute Gasteiger partial charge is 0.493 e. The predicted molar refractivity (Wildman–Crippen MR) is 159 cm³/mol. The molecule has 0 aromatic heterocycles. The fourth-order valence-electron chi connectivity index (χ4n) is 10.1. The van der Waals surface area contributed by atoms with E-state index in [4.69, 9.17) is 14.2 Å². The second-order valence-corrected chi connectivity index (χ2v) is 13.5. The summed E-state index contributed by atoms with van der Waals surface area (Å²) in [5.74, 6) is 3.99. The number of hydrogen-bond acceptors (Lipinski definition) is 5. The molecule has 0 amide bonds. The van der Waals surface area contributed by atoms with Crippen molar-refractivity contribution in [1.82, 2.24) is 9.80 Å². The lowest BCUT2D eigenvalue weighted by molar-refractivity contribution is -0.174. The maximum absolute atomic E-state index is 7.58. The number of para-hydroxylation sites is 1. The smallest absolute Gasteiger partial charge is 0.173 e. The summed E-state index contributed by atoms with van der Waals surface area (Å²) in [6, 6.07) is 26.8. The van der Waals surface area contributed by atoms with Gasteiger partial charge in [-0.25, -0.2) is 0 Å². The number of ether oxygens (including phenoxy) is 3. The third-order valence-electron chi connectivity index (χ3n) is 11.6. The molecule has 5 unspecified atom stereocenters. The first-order chi connectivity index (χ1) is 20.2. The Balaban J connectivity index is 1.20. The van der Waals surface area contributed by atoms with E-state index < -0.39 is 0 Å². The van der Waals surface area contributed by atoms with Crippen LogP contribution in [0, 0.1) is 11.8 Å². The molecule has 41 heavy (non-hydrogen) atoms. The summed E-state index contributed by atoms with van der Waals surface area (Å²) in [5, 5.41) is 0. The first-order valence-electron chi connectivity index (χ1n) is 15.8. The second kappa shape index (κ2) is 9.07. The molecular weight excluding hydrogens is 508 g/mol. The Morgan fingerprint density at radius 2 is 1.71 bits per heavy atom. The molecule has 3 aliphatic heterocycles. The van der Waals surface area contributed by atoms with Crippen LogP contribution in [-0.4, -0.2) is 60.3 Å². The average Bonchev–Trinajstić information content (AvgIpc) is 3.71. The highest BCUT2D eigenvalue weighted by molar-refractivity contribution is 5.62. The van der Waals surface area contributed by atoms with Crippen molar-refractivity contribution < 1.29 is 14.2 Å². The Morgan fingerprint density at radius 1 is 0.902 bits per heavy atom. The van der Waals surface area contributed by atoms with Crippen LogP contribution in [0.3, 0.4) is 0 Å². The highest BCUT2D eigenvalue weighted by atomic mass is 16.5. The van der Waals surface area contributed by atoms with Gasteiger partial charge in [-0.05, 0) is 80.3 Å². The molecule has 3 aromatic carbocycles. The lowest BCUT2D eigenvalue weighted by Crippen LogP contribution is -2.74. The number of likely N-dealkylation sites (tertiary alicyclic amines) is 2. The van der Waals surface area contributed by atoms with Gasteiger partial charge in [0.15, 0.2) is 11.5 Å². The SMILES string of the molecule is COc1ccc2c(c1Oc1ccccc1)C13CCN(CC4CC4)C(C2)C12CCC1C3[C@@H](CN1Cc1ccccc1)O2. The molecule has 5 heteroatoms. The number of benzene rings is 3. The number of piperidine rings is 1. The number of hydrogen-bond donors (Lipinski definition) is 0. The molecule has 4 bridgehead atoms. The molecular formula is C36H40N2O3. The minimum absolute atomic E-state index is 0.0665. The molecule has 3 heterocycles. The molecule has 5 nitrogen and oxygen atoms in total. The van der Waals surface area contributed by atoms with Crippen molar-refractivity contribution in [2.45, 2.75) is 74.3 Å². The molecule has 5 fully saturated rings. The van der Waals surface area contributed by atoms with Gasteiger partial charge in [0.2, 0.25) is 0 Å². The molecule has 6 aliphatic rings. The maximum atomic E-state index is 7.58. The summed E-state index contributed by atoms with van der Waals surface area (Å²) < 4.78 is 20.5. The standard InChI is InChI=1S/C36H40N2O3/c1-39-29-15-14-26-20-31-36-17-16-28-33(30(41-36)23-38(28)22-24-8-4-2-5-9-24)35(36,18-19-37(31)21-25-12-13-25)32(26)34(29)40-27-10-6-3-7-11-27/h2-11,14-15,25,28,30-31,33H,12-13,16-23H2,1H3/t28?,30-,31?,33?,35?,36?/m1/s1. The molecule has 6 atom stereocenters. The van der Waals surface area contributed by atoms with Crippen LogP contribution in [0.15, 0.2) is 72.8 Å². The lowest BCUT2D eigenvalue weighted by atomic mass is 9.46. The molecule has 212 valence electrons. The molecule has 0 spiro atoms. The Labute approximate surface area is 243 Å². The molecule has 3 saturated heterocycles. The van der Waals surface area contributed by atoms with Gasteiger partial charge in [0.1, 0.15) is 5.75 Å². The minimum atomic E-state index is -0.154. The van der Waals surface area contributed by atoms with Crippen LogP contribution in [0.5, 0.6) is 17.2 Å². The van der Waals surface area contributed by atoms with Gasteiger partial charge in [-0.3, -0.25) is 9.80 Å². The Hall–Kier alpha value is -2.86. The van der Waals surface area contributed by atoms with Crippen LogP contribution in [0.4, 0.5) is 0 Å². The third-order valence-corrected chi connectivity index (χ3v) is 11.6. The van der Waals surface area contributed by atoms with Crippen LogP contribution in [0.2, 0.25) is 0 Å². The first-order valence-corrected chi connectivity index (χ1v) is 15.8. The van der Waals surface area contributed by atoms with Gasteiger partial charge in [0, 0.05) is 48.6 Å². The summed E-state index contributed by atoms with van der Waals surface area (Å²) in [5.41, 5.74) is 4.03. The second-order valence-electron chi connectivity index (χ2n) is 13.5. The van der Waals surface area contributed by atoms with Gasteiger partial charge in [-0.15, -0.1) is 0 Å². The van der Waals surface area contributed by atoms with Crippen molar-refractivity contribution in [3.63, 3.8) is 0 Å². The van der Waals surface area contributed by atoms with Gasteiger partial charge in [-0.1, -0.05) is 54.6 Å². The van der Waals surface area contributed by atoms with Gasteiger partial charge < -0.3 is 14.2 Å². The number of rotatable bonds is 7. The quantitative estimate of drug-likeness (QED) is 0.351. The number of methoxy groups -OCH3 is 1. The van der Waals surface area contributed by atoms with E-state index in [1.165, 1.54) is 42.5 Å². The lowest BCUT2D eigenvalue weighted by Gasteiger charge is -2.65. The van der Waals surface area contributed by atoms with Crippen molar-refractivity contribution in [1.29, 1.82) is 0 Å². The first kappa shape index (κ1) is 24.7. The topological polar surface area (TPSA) is 34.2 Å². The molecule has 2 saturated carbocycles. The van der Waals surface area contributed by atoms with E-state index in [0.717, 1.165) is 62.1 Å². The fraction of sp³-hybridized carbons (Fsp3) is 0.500. The average molecular weight is 549 g/mol. The summed E-state index contributed by atoms with van der Waals surface area (Å²) >= 11 is 0. The Bertz CT molecular complexity index is 1460. The zero-order valence-corrected chi connectivity index (χ0v) is 24.0. The number of fused-ring (bicyclic) bond motifs is 1. The Kier molecular flexibility index (Phi) is 5.47. The van der Waals surface area contributed by atoms with Gasteiger partial charge in [0.25, 0.3) is 0 Å². The van der Waals surface area contributed by atoms with E-state index >= 15 is 0 Å². The van der Waals surface area contributed by atoms with E-state index in [1.54, 1.807) is 7.11 Å². The van der Waals surface area contributed by atoms with Crippen LogP contribution in [0.1, 0.15) is 48.8 Å². The molecule has 9 rings (SSSR count). The van der Waals surface area contributed by atoms with Crippen LogP contribution < -0.4 is 9.47 Å². The van der Waals surface area contributed by atoms with Crippen molar-refractivity contribution in [3.05, 3.63) is 89.5 Å². The van der Waals surface area contributed by atoms with Crippen molar-refractivity contribution in [3.8, 4) is 17.2 Å². The van der Waals surface area contributed by atoms with Crippen LogP contribution >= 0.6 is 0 Å². The van der Waals surface area contributed by atoms with E-state index in [2.05, 4.69) is 76.5 Å². The van der Waals surface area contributed by atoms with Crippen molar-refractivity contribution in [2.75, 3.05) is 26.7 Å². The summed E-state index contributed by atoms with van der Waals surface area (Å²) in [7, 11) is 1.79. The zero-order valence-electron chi connectivity index (χ0n) is 24.0. The van der Waals surface area contributed by atoms with E-state index in [0.29, 0.717) is 18.0 Å². The molecule has 0 N–H and O–H groups in total. The molecule has 3 aromatic rings. The number of nitrogens with zero attached hydrogens (tertiary/aromatic N) is 2. The highest BCUT2D eigenvalue weighted by Gasteiger charge is 2.78. The van der Waals surface area contributed by atoms with Crippen LogP contribution in [-0.2, 0) is 23.1 Å². The molecule has 3 aliphatic carbocycles. The van der Waals surface area contributed by atoms with E-state index in [1.807, 2.05) is 6.07 Å². The highest BCUT2D eigenvalue weighted by Crippen LogP contribution is 2.71. The van der Waals surface area contributed by atoms with Gasteiger partial charge in [0.05, 0.1) is 18.8 Å². The maximum Gasteiger partial charge on any atom is 0.173 e. The van der Waals surface area contributed by atoms with Gasteiger partial charge in [-0.2, -0.15) is 0 Å². The minimum Gasteiger partial charge on any atom is -0.493 e. The molecule has 0 radical (unpaired) electrons. The summed E-state index contributed by atoms with van der Waals surface area (Å²) in [4.78, 5) is 5.60. The van der Waals surface area contributed by atoms with Crippen molar-refractivity contribution >= 4 is 0 Å². The fourth-order valence-corrected chi connectivity index (χ4v) is 10.1. The summed E-state index contributed by atoms with van der Waals surface area (Å²) in [6.07, 6.45) is 7.58. The van der Waals surface area contributed by atoms with Crippen molar-refractivity contribution in [2.24, 2.45) is 11.8 Å². The van der Waals surface area contributed by atoms with Crippen LogP contribution in [0.25, 0.3) is 0 Å². The third kappa shape index (κ3) is 3.46. The van der Waals surface area contributed by atoms with E-state index in [9.17, 15) is 0 Å². The van der Waals surface area contributed by atoms with E-state index in [-0.39, 0.29) is 17.1 Å². The monoisotopic (exact) mass is 548 g/mol. The zero-order chi connectivity index (χ0) is 27.2. The normalized spacial score (nSPS) is 35.1. The summed E-state index contributed by atoms with van der Waals surface area (Å²) in [6.45, 7) is 4.42. The Morgan fingerprint density at radius 3 is 2.49 bits per heavy atom.